The first-order valence-electron chi connectivity index (χ1n) is 6.25. The lowest BCUT2D eigenvalue weighted by molar-refractivity contribution is 0.536. The molecule has 2 rings (SSSR count). The molecule has 0 radical (unpaired) electrons. The van der Waals surface area contributed by atoms with E-state index < -0.39 is 0 Å². The predicted molar refractivity (Wildman–Crippen MR) is 74.6 cm³/mol. The summed E-state index contributed by atoms with van der Waals surface area (Å²) in [6.45, 7) is 6.39. The Labute approximate surface area is 107 Å². The normalized spacial score (nSPS) is 12.8. The highest BCUT2D eigenvalue weighted by atomic mass is 32.1. The maximum absolute atomic E-state index is 3.51. The molecular formula is C14H20N2S. The van der Waals surface area contributed by atoms with E-state index in [2.05, 4.69) is 59.7 Å². The molecular weight excluding hydrogens is 228 g/mol. The quantitative estimate of drug-likeness (QED) is 0.825. The van der Waals surface area contributed by atoms with Crippen molar-refractivity contribution >= 4 is 11.3 Å². The number of nitrogens with one attached hydrogen (secondary N) is 1. The first kappa shape index (κ1) is 12.4. The van der Waals surface area contributed by atoms with Gasteiger partial charge in [-0.2, -0.15) is 0 Å². The number of rotatable bonds is 6. The Morgan fingerprint density at radius 3 is 2.88 bits per heavy atom. The van der Waals surface area contributed by atoms with Gasteiger partial charge in [-0.05, 0) is 36.0 Å². The summed E-state index contributed by atoms with van der Waals surface area (Å²) in [5, 5.41) is 5.64. The highest BCUT2D eigenvalue weighted by Gasteiger charge is 2.09. The molecule has 0 spiro atoms. The van der Waals surface area contributed by atoms with Gasteiger partial charge in [0, 0.05) is 23.3 Å². The van der Waals surface area contributed by atoms with Crippen molar-refractivity contribution in [3.63, 3.8) is 0 Å². The summed E-state index contributed by atoms with van der Waals surface area (Å²) in [5.74, 6) is 0. The summed E-state index contributed by atoms with van der Waals surface area (Å²) in [4.78, 5) is 1.41. The maximum Gasteiger partial charge on any atom is 0.0563 e. The molecule has 1 atom stereocenters. The van der Waals surface area contributed by atoms with Crippen molar-refractivity contribution in [1.29, 1.82) is 0 Å². The third kappa shape index (κ3) is 3.20. The van der Waals surface area contributed by atoms with Gasteiger partial charge in [0.05, 0.1) is 6.54 Å². The van der Waals surface area contributed by atoms with Crippen LogP contribution in [0.15, 0.2) is 36.0 Å². The predicted octanol–water partition coefficient (Wildman–Crippen LogP) is 3.66. The molecule has 17 heavy (non-hydrogen) atoms. The van der Waals surface area contributed by atoms with Gasteiger partial charge in [0.15, 0.2) is 0 Å². The lowest BCUT2D eigenvalue weighted by Crippen LogP contribution is -2.19. The van der Waals surface area contributed by atoms with Crippen molar-refractivity contribution in [2.75, 3.05) is 6.54 Å². The Balaban J connectivity index is 2.04. The van der Waals surface area contributed by atoms with Crippen molar-refractivity contribution in [2.45, 2.75) is 32.9 Å². The Kier molecular flexibility index (Phi) is 4.40. The minimum atomic E-state index is 0.490. The molecule has 1 unspecified atom stereocenters. The van der Waals surface area contributed by atoms with E-state index in [9.17, 15) is 0 Å². The van der Waals surface area contributed by atoms with E-state index in [1.165, 1.54) is 10.4 Å². The molecule has 0 saturated carbocycles. The van der Waals surface area contributed by atoms with Crippen LogP contribution < -0.4 is 5.32 Å². The number of hydrogen-bond donors (Lipinski definition) is 1. The molecule has 92 valence electrons. The van der Waals surface area contributed by atoms with Gasteiger partial charge in [-0.15, -0.1) is 11.3 Å². The SMILES string of the molecule is CCNC(CC)c1ccn(Cc2cccs2)c1. The largest absolute Gasteiger partial charge is 0.349 e. The van der Waals surface area contributed by atoms with E-state index >= 15 is 0 Å². The van der Waals surface area contributed by atoms with E-state index in [4.69, 9.17) is 0 Å². The van der Waals surface area contributed by atoms with Crippen LogP contribution >= 0.6 is 11.3 Å². The topological polar surface area (TPSA) is 17.0 Å². The van der Waals surface area contributed by atoms with Gasteiger partial charge >= 0.3 is 0 Å². The van der Waals surface area contributed by atoms with E-state index in [0.717, 1.165) is 19.5 Å². The molecule has 2 nitrogen and oxygen atoms in total. The average molecular weight is 248 g/mol. The summed E-state index contributed by atoms with van der Waals surface area (Å²) < 4.78 is 2.27. The van der Waals surface area contributed by atoms with E-state index in [-0.39, 0.29) is 0 Å². The standard InChI is InChI=1S/C14H20N2S/c1-3-14(15-4-2)12-7-8-16(10-12)11-13-6-5-9-17-13/h5-10,14-15H,3-4,11H2,1-2H3. The molecule has 0 aliphatic rings. The van der Waals surface area contributed by atoms with Crippen molar-refractivity contribution in [3.05, 3.63) is 46.4 Å². The first-order valence-corrected chi connectivity index (χ1v) is 7.13. The third-order valence-electron chi connectivity index (χ3n) is 2.95. The van der Waals surface area contributed by atoms with Gasteiger partial charge in [0.1, 0.15) is 0 Å². The van der Waals surface area contributed by atoms with Crippen LogP contribution in [0.2, 0.25) is 0 Å². The van der Waals surface area contributed by atoms with E-state index in [0.29, 0.717) is 6.04 Å². The van der Waals surface area contributed by atoms with Gasteiger partial charge in [-0.3, -0.25) is 0 Å². The van der Waals surface area contributed by atoms with Crippen LogP contribution in [0.4, 0.5) is 0 Å². The Bertz CT molecular complexity index is 431. The summed E-state index contributed by atoms with van der Waals surface area (Å²) in [6, 6.07) is 7.01. The van der Waals surface area contributed by atoms with E-state index in [1.807, 2.05) is 11.3 Å². The van der Waals surface area contributed by atoms with Gasteiger partial charge in [-0.25, -0.2) is 0 Å². The zero-order chi connectivity index (χ0) is 12.1. The molecule has 3 heteroatoms. The smallest absolute Gasteiger partial charge is 0.0563 e. The minimum absolute atomic E-state index is 0.490. The summed E-state index contributed by atoms with van der Waals surface area (Å²) in [7, 11) is 0. The summed E-state index contributed by atoms with van der Waals surface area (Å²) >= 11 is 1.81. The lowest BCUT2D eigenvalue weighted by Gasteiger charge is -2.13. The highest BCUT2D eigenvalue weighted by Crippen LogP contribution is 2.18. The second-order valence-electron chi connectivity index (χ2n) is 4.22. The van der Waals surface area contributed by atoms with Crippen molar-refractivity contribution in [2.24, 2.45) is 0 Å². The van der Waals surface area contributed by atoms with Gasteiger partial charge in [-0.1, -0.05) is 19.9 Å². The zero-order valence-electron chi connectivity index (χ0n) is 10.5. The molecule has 0 bridgehead atoms. The Hall–Kier alpha value is -1.06. The number of hydrogen-bond acceptors (Lipinski definition) is 2. The summed E-state index contributed by atoms with van der Waals surface area (Å²) in [6.07, 6.45) is 5.57. The Morgan fingerprint density at radius 2 is 2.24 bits per heavy atom. The third-order valence-corrected chi connectivity index (χ3v) is 3.81. The molecule has 2 heterocycles. The van der Waals surface area contributed by atoms with Crippen molar-refractivity contribution < 1.29 is 0 Å². The molecule has 0 aliphatic heterocycles. The van der Waals surface area contributed by atoms with Crippen molar-refractivity contribution in [1.82, 2.24) is 9.88 Å². The fourth-order valence-electron chi connectivity index (χ4n) is 2.09. The van der Waals surface area contributed by atoms with Crippen LogP contribution in [0.3, 0.4) is 0 Å². The summed E-state index contributed by atoms with van der Waals surface area (Å²) in [5.41, 5.74) is 1.39. The van der Waals surface area contributed by atoms with Gasteiger partial charge in [0.25, 0.3) is 0 Å². The van der Waals surface area contributed by atoms with Crippen molar-refractivity contribution in [3.8, 4) is 0 Å². The number of thiophene rings is 1. The van der Waals surface area contributed by atoms with Crippen LogP contribution in [0.25, 0.3) is 0 Å². The molecule has 0 aliphatic carbocycles. The number of aromatic nitrogens is 1. The second kappa shape index (κ2) is 6.03. The van der Waals surface area contributed by atoms with Crippen LogP contribution in [0.5, 0.6) is 0 Å². The first-order chi connectivity index (χ1) is 8.33. The average Bonchev–Trinajstić information content (AvgIpc) is 2.98. The van der Waals surface area contributed by atoms with Crippen LogP contribution in [0, 0.1) is 0 Å². The molecule has 0 aromatic carbocycles. The monoisotopic (exact) mass is 248 g/mol. The van der Waals surface area contributed by atoms with Gasteiger partial charge in [0.2, 0.25) is 0 Å². The van der Waals surface area contributed by atoms with E-state index in [1.54, 1.807) is 0 Å². The van der Waals surface area contributed by atoms with Crippen LogP contribution in [0.1, 0.15) is 36.8 Å². The molecule has 0 amide bonds. The zero-order valence-corrected chi connectivity index (χ0v) is 11.3. The maximum atomic E-state index is 3.51. The molecule has 0 saturated heterocycles. The van der Waals surface area contributed by atoms with Crippen LogP contribution in [-0.2, 0) is 6.54 Å². The van der Waals surface area contributed by atoms with Gasteiger partial charge < -0.3 is 9.88 Å². The molecule has 2 aromatic rings. The second-order valence-corrected chi connectivity index (χ2v) is 5.25. The Morgan fingerprint density at radius 1 is 1.35 bits per heavy atom. The number of nitrogens with zero attached hydrogens (tertiary/aromatic N) is 1. The lowest BCUT2D eigenvalue weighted by atomic mass is 10.1. The highest BCUT2D eigenvalue weighted by molar-refractivity contribution is 7.09. The fraction of sp³-hybridized carbons (Fsp3) is 0.429. The van der Waals surface area contributed by atoms with Crippen LogP contribution in [-0.4, -0.2) is 11.1 Å². The fourth-order valence-corrected chi connectivity index (χ4v) is 2.80. The molecule has 1 N–H and O–H groups in total. The molecule has 2 aromatic heterocycles. The molecule has 0 fully saturated rings. The minimum Gasteiger partial charge on any atom is -0.349 e.